The van der Waals surface area contributed by atoms with Crippen LogP contribution in [0.2, 0.25) is 0 Å². The molecule has 98 valence electrons. The summed E-state index contributed by atoms with van der Waals surface area (Å²) in [4.78, 5) is 3.27. The van der Waals surface area contributed by atoms with Crippen molar-refractivity contribution in [3.8, 4) is 0 Å². The minimum absolute atomic E-state index is 0.605. The van der Waals surface area contributed by atoms with E-state index in [-0.39, 0.29) is 0 Å². The van der Waals surface area contributed by atoms with E-state index in [2.05, 4.69) is 31.1 Å². The van der Waals surface area contributed by atoms with Crippen molar-refractivity contribution in [1.29, 1.82) is 0 Å². The van der Waals surface area contributed by atoms with E-state index in [1.54, 1.807) is 0 Å². The van der Waals surface area contributed by atoms with Crippen LogP contribution in [0.15, 0.2) is 11.3 Å². The summed E-state index contributed by atoms with van der Waals surface area (Å²) in [7, 11) is 2.16. The summed E-state index contributed by atoms with van der Waals surface area (Å²) >= 11 is 5.23. The zero-order valence-electron chi connectivity index (χ0n) is 11.2. The molecule has 0 aliphatic carbocycles. The highest BCUT2D eigenvalue weighted by molar-refractivity contribution is 7.80. The third-order valence-electron chi connectivity index (χ3n) is 3.20. The molecule has 0 unspecified atom stereocenters. The molecule has 17 heavy (non-hydrogen) atoms. The van der Waals surface area contributed by atoms with Crippen molar-refractivity contribution in [2.45, 2.75) is 26.7 Å². The average Bonchev–Trinajstić information content (AvgIpc) is 2.33. The zero-order chi connectivity index (χ0) is 12.7. The van der Waals surface area contributed by atoms with Crippen LogP contribution >= 0.6 is 12.2 Å². The Balaban J connectivity index is 2.18. The van der Waals surface area contributed by atoms with E-state index < -0.39 is 0 Å². The minimum atomic E-state index is 0.605. The van der Waals surface area contributed by atoms with E-state index in [0.717, 1.165) is 18.0 Å². The molecular formula is C13H24N2OS. The van der Waals surface area contributed by atoms with Gasteiger partial charge in [-0.05, 0) is 45.5 Å². The molecule has 3 nitrogen and oxygen atoms in total. The van der Waals surface area contributed by atoms with Crippen molar-refractivity contribution in [3.63, 3.8) is 0 Å². The molecule has 4 heteroatoms. The molecule has 0 radical (unpaired) electrons. The lowest BCUT2D eigenvalue weighted by molar-refractivity contribution is 0.186. The first-order valence-electron chi connectivity index (χ1n) is 6.38. The van der Waals surface area contributed by atoms with Gasteiger partial charge in [0.15, 0.2) is 0 Å². The lowest BCUT2D eigenvalue weighted by atomic mass is 10.1. The Bertz CT molecular complexity index is 289. The van der Waals surface area contributed by atoms with Gasteiger partial charge in [-0.3, -0.25) is 0 Å². The Morgan fingerprint density at radius 1 is 1.35 bits per heavy atom. The van der Waals surface area contributed by atoms with Crippen LogP contribution in [0.1, 0.15) is 26.7 Å². The van der Waals surface area contributed by atoms with Gasteiger partial charge in [-0.1, -0.05) is 19.1 Å². The number of thiocarbonyl (C=S) groups is 1. The van der Waals surface area contributed by atoms with Crippen molar-refractivity contribution in [3.05, 3.63) is 11.3 Å². The van der Waals surface area contributed by atoms with Gasteiger partial charge in [0.2, 0.25) is 0 Å². The molecule has 0 saturated carbocycles. The highest BCUT2D eigenvalue weighted by Gasteiger charge is 2.13. The monoisotopic (exact) mass is 256 g/mol. The molecule has 0 spiro atoms. The number of rotatable bonds is 7. The standard InChI is InChI=1S/C13H24N2OS/c1-4-15(3)8-6-5-7-14-12-9-16-10-13(17)11(12)2/h14H,4-10H2,1-3H3. The van der Waals surface area contributed by atoms with Crippen LogP contribution in [-0.2, 0) is 4.74 Å². The molecule has 0 saturated heterocycles. The van der Waals surface area contributed by atoms with E-state index in [1.807, 2.05) is 0 Å². The third kappa shape index (κ3) is 5.15. The van der Waals surface area contributed by atoms with Gasteiger partial charge in [0.25, 0.3) is 0 Å². The summed E-state index contributed by atoms with van der Waals surface area (Å²) in [6.07, 6.45) is 2.42. The topological polar surface area (TPSA) is 24.5 Å². The second-order valence-corrected chi connectivity index (χ2v) is 5.04. The molecule has 0 amide bonds. The fraction of sp³-hybridized carbons (Fsp3) is 0.769. The fourth-order valence-corrected chi connectivity index (χ4v) is 1.92. The molecule has 0 bridgehead atoms. The Morgan fingerprint density at radius 3 is 2.82 bits per heavy atom. The van der Waals surface area contributed by atoms with Crippen LogP contribution in [0, 0.1) is 0 Å². The normalized spacial score (nSPS) is 16.8. The van der Waals surface area contributed by atoms with Crippen molar-refractivity contribution in [2.24, 2.45) is 0 Å². The van der Waals surface area contributed by atoms with Gasteiger partial charge >= 0.3 is 0 Å². The van der Waals surface area contributed by atoms with Gasteiger partial charge in [0, 0.05) is 17.1 Å². The first-order valence-corrected chi connectivity index (χ1v) is 6.79. The number of nitrogens with zero attached hydrogens (tertiary/aromatic N) is 1. The lowest BCUT2D eigenvalue weighted by Crippen LogP contribution is -2.28. The number of hydrogen-bond acceptors (Lipinski definition) is 4. The fourth-order valence-electron chi connectivity index (χ4n) is 1.72. The van der Waals surface area contributed by atoms with E-state index >= 15 is 0 Å². The molecule has 0 atom stereocenters. The Kier molecular flexibility index (Phi) is 6.70. The van der Waals surface area contributed by atoms with Gasteiger partial charge in [-0.25, -0.2) is 0 Å². The largest absolute Gasteiger partial charge is 0.386 e. The van der Waals surface area contributed by atoms with Gasteiger partial charge < -0.3 is 15.0 Å². The van der Waals surface area contributed by atoms with E-state index in [1.165, 1.54) is 30.7 Å². The molecule has 0 aromatic heterocycles. The van der Waals surface area contributed by atoms with Crippen LogP contribution in [0.5, 0.6) is 0 Å². The molecule has 0 aromatic rings. The number of ether oxygens (including phenoxy) is 1. The maximum Gasteiger partial charge on any atom is 0.0870 e. The Morgan fingerprint density at radius 2 is 2.12 bits per heavy atom. The predicted octanol–water partition coefficient (Wildman–Crippen LogP) is 1.98. The van der Waals surface area contributed by atoms with Crippen LogP contribution in [-0.4, -0.2) is 49.7 Å². The van der Waals surface area contributed by atoms with Crippen LogP contribution < -0.4 is 5.32 Å². The predicted molar refractivity (Wildman–Crippen MR) is 76.5 cm³/mol. The number of unbranched alkanes of at least 4 members (excludes halogenated alkanes) is 1. The lowest BCUT2D eigenvalue weighted by Gasteiger charge is -2.21. The second kappa shape index (κ2) is 7.80. The van der Waals surface area contributed by atoms with Gasteiger partial charge in [-0.2, -0.15) is 0 Å². The molecule has 0 aromatic carbocycles. The zero-order valence-corrected chi connectivity index (χ0v) is 12.0. The molecule has 1 heterocycles. The summed E-state index contributed by atoms with van der Waals surface area (Å²) in [6, 6.07) is 0. The van der Waals surface area contributed by atoms with Crippen molar-refractivity contribution in [2.75, 3.05) is 39.9 Å². The van der Waals surface area contributed by atoms with Crippen LogP contribution in [0.4, 0.5) is 0 Å². The van der Waals surface area contributed by atoms with E-state index in [9.17, 15) is 0 Å². The minimum Gasteiger partial charge on any atom is -0.386 e. The SMILES string of the molecule is CCN(C)CCCCNC1=C(C)C(=S)COC1. The van der Waals surface area contributed by atoms with Gasteiger partial charge in [0.05, 0.1) is 13.2 Å². The number of nitrogens with one attached hydrogen (secondary N) is 1. The summed E-state index contributed by atoms with van der Waals surface area (Å²) < 4.78 is 5.41. The van der Waals surface area contributed by atoms with Gasteiger partial charge in [-0.15, -0.1) is 0 Å². The smallest absolute Gasteiger partial charge is 0.0870 e. The summed E-state index contributed by atoms with van der Waals surface area (Å²) in [5.41, 5.74) is 2.38. The van der Waals surface area contributed by atoms with Gasteiger partial charge in [0.1, 0.15) is 0 Å². The molecule has 1 aliphatic heterocycles. The second-order valence-electron chi connectivity index (χ2n) is 4.55. The van der Waals surface area contributed by atoms with Crippen molar-refractivity contribution >= 4 is 17.1 Å². The summed E-state index contributed by atoms with van der Waals surface area (Å²) in [5, 5.41) is 3.44. The van der Waals surface area contributed by atoms with Crippen LogP contribution in [0.25, 0.3) is 0 Å². The average molecular weight is 256 g/mol. The molecule has 1 aliphatic rings. The third-order valence-corrected chi connectivity index (χ3v) is 3.62. The maximum atomic E-state index is 5.41. The molecule has 1 N–H and O–H groups in total. The highest BCUT2D eigenvalue weighted by atomic mass is 32.1. The molecular weight excluding hydrogens is 232 g/mol. The summed E-state index contributed by atoms with van der Waals surface area (Å²) in [5.74, 6) is 0. The molecule has 0 fully saturated rings. The Hall–Kier alpha value is -0.450. The first kappa shape index (κ1) is 14.6. The maximum absolute atomic E-state index is 5.41. The van der Waals surface area contributed by atoms with Crippen molar-refractivity contribution in [1.82, 2.24) is 10.2 Å². The van der Waals surface area contributed by atoms with E-state index in [4.69, 9.17) is 17.0 Å². The van der Waals surface area contributed by atoms with Crippen molar-refractivity contribution < 1.29 is 4.74 Å². The Labute approximate surface area is 110 Å². The van der Waals surface area contributed by atoms with Crippen LogP contribution in [0.3, 0.4) is 0 Å². The molecule has 1 rings (SSSR count). The number of hydrogen-bond donors (Lipinski definition) is 1. The summed E-state index contributed by atoms with van der Waals surface area (Å²) in [6.45, 7) is 8.86. The van der Waals surface area contributed by atoms with E-state index in [0.29, 0.717) is 13.2 Å². The highest BCUT2D eigenvalue weighted by Crippen LogP contribution is 2.11. The quantitative estimate of drug-likeness (QED) is 0.556. The first-order chi connectivity index (χ1) is 8.15.